The molecular weight excluding hydrogens is 1550 g/mol. The minimum absolute atomic E-state index is 0.143. The lowest BCUT2D eigenvalue weighted by Gasteiger charge is -2.16. The first kappa shape index (κ1) is 70.8. The highest BCUT2D eigenvalue weighted by molar-refractivity contribution is 9.11. The quantitative estimate of drug-likeness (QED) is 0.0382. The molecule has 0 aromatic heterocycles. The normalized spacial score (nSPS) is 14.1. The lowest BCUT2D eigenvalue weighted by Crippen LogP contribution is -2.10. The van der Waals surface area contributed by atoms with Crippen molar-refractivity contribution in [3.63, 3.8) is 0 Å². The molecule has 0 spiro atoms. The van der Waals surface area contributed by atoms with Crippen molar-refractivity contribution >= 4 is 103 Å². The van der Waals surface area contributed by atoms with Crippen molar-refractivity contribution in [1.82, 2.24) is 0 Å². The molecule has 0 bridgehead atoms. The molecule has 22 nitrogen and oxygen atoms in total. The van der Waals surface area contributed by atoms with Gasteiger partial charge in [0.05, 0.1) is 50.1 Å². The van der Waals surface area contributed by atoms with E-state index in [0.717, 1.165) is 40.3 Å². The molecule has 33 heteroatoms. The van der Waals surface area contributed by atoms with E-state index in [0.29, 0.717) is 49.5 Å². The molecule has 0 amide bonds. The van der Waals surface area contributed by atoms with Crippen LogP contribution < -0.4 is 18.9 Å². The Hall–Kier alpha value is -12.7. The summed E-state index contributed by atoms with van der Waals surface area (Å²) >= 11 is 6.71. The van der Waals surface area contributed by atoms with Crippen LogP contribution in [0.25, 0.3) is 11.1 Å². The second kappa shape index (κ2) is 26.3. The Balaban J connectivity index is 0.000000144. The zero-order valence-electron chi connectivity index (χ0n) is 52.9. The number of carbonyl (C=O) groups excluding carboxylic acids is 12. The fraction of sp³-hybridized carbons (Fsp3) is 0.0833. The van der Waals surface area contributed by atoms with Gasteiger partial charge in [-0.3, -0.25) is 0 Å². The fourth-order valence-corrected chi connectivity index (χ4v) is 12.9. The largest absolute Gasteiger partial charge is 0.457 e. The molecule has 9 aromatic carbocycles. The zero-order valence-corrected chi connectivity index (χ0v) is 56.1. The Kier molecular flexibility index (Phi) is 17.7. The van der Waals surface area contributed by atoms with Crippen molar-refractivity contribution in [2.75, 3.05) is 0 Å². The molecule has 0 radical (unpaired) electrons. The molecule has 6 aliphatic heterocycles. The van der Waals surface area contributed by atoms with E-state index in [4.69, 9.17) is 9.47 Å². The average molecular weight is 1580 g/mol. The van der Waals surface area contributed by atoms with E-state index < -0.39 is 175 Å². The molecule has 528 valence electrons. The first-order valence-electron chi connectivity index (χ1n) is 29.7. The summed E-state index contributed by atoms with van der Waals surface area (Å²) in [7, 11) is 0. The minimum atomic E-state index is -2.62. The summed E-state index contributed by atoms with van der Waals surface area (Å²) in [5.41, 5.74) is 2.56. The molecule has 0 atom stereocenters. The van der Waals surface area contributed by atoms with Crippen LogP contribution in [-0.2, 0) is 34.8 Å². The number of fused-ring (bicyclic) bond motifs is 6. The molecule has 0 N–H and O–H groups in total. The molecule has 0 aliphatic carbocycles. The third kappa shape index (κ3) is 12.1. The van der Waals surface area contributed by atoms with E-state index in [9.17, 15) is 97.0 Å². The minimum Gasteiger partial charge on any atom is -0.457 e. The van der Waals surface area contributed by atoms with E-state index >= 15 is 0 Å². The van der Waals surface area contributed by atoms with Crippen LogP contribution in [0.4, 0.5) is 39.5 Å². The Morgan fingerprint density at radius 2 is 0.533 bits per heavy atom. The SMILES string of the molecule is Cc1c(Oc2c(F)c(F)c(Oc3c(F)c(F)c4c(c3F)C(=O)OC4=O)c(F)c2F)c(F)c(F)c2c1C(=O)OC2=O.Cc1cc(Cc2cc(C)c(Oc3ccc4c(c3)C(=O)OC4=O)c(C)c2)cc(C)c1Oc1ccc2c(c1)C(=O)OC2=O.O=C1OC(=O)c2cc(-c3cc4c(cc3Br)C(=O)OC4=O)c(Br)cc21. The highest BCUT2D eigenvalue weighted by Crippen LogP contribution is 2.47. The van der Waals surface area contributed by atoms with Gasteiger partial charge in [0, 0.05) is 14.5 Å². The second-order valence-corrected chi connectivity index (χ2v) is 24.9. The molecule has 15 rings (SSSR count). The number of aryl methyl sites for hydroxylation is 4. The number of rotatable bonds is 11. The topological polar surface area (TPSA) is 297 Å². The summed E-state index contributed by atoms with van der Waals surface area (Å²) in [6.45, 7) is 8.64. The summed E-state index contributed by atoms with van der Waals surface area (Å²) in [4.78, 5) is 140. The lowest BCUT2D eigenvalue weighted by molar-refractivity contribution is 0.0422. The van der Waals surface area contributed by atoms with E-state index in [1.54, 1.807) is 12.1 Å². The predicted octanol–water partition coefficient (Wildman–Crippen LogP) is 15.7. The maximum atomic E-state index is 14.8. The standard InChI is InChI=1S/C33H24O8.C23H3F9O8.C16H4Br2O6/c1-16-9-20(10-17(2)28(16)38-22-5-7-24-26(14-22)32(36)40-30(24)34)13-21-11-18(3)29(19(4)12-21)39-23-6-8-25-27(15-23)33(37)41-31(25)35;1-2-3-4(21(34)39-20(3)33)7(24)10(27)16(2)37-18-12(29)14(31)19(15(32)13(18)30)38-17-9(26)6-5(8(25)11(17)28)22(35)40-23(6)36;17-11-3-9-7(13(19)23-15(9)21)1-5(11)6-2-8-10(4-12(6)18)16(22)24-14(8)20/h5-12,14-15H,13H2,1-4H3;1H3;1-4H. The highest BCUT2D eigenvalue weighted by atomic mass is 79.9. The zero-order chi connectivity index (χ0) is 75.7. The Bertz CT molecular complexity index is 5290. The smallest absolute Gasteiger partial charge is 0.350 e. The molecule has 105 heavy (non-hydrogen) atoms. The van der Waals surface area contributed by atoms with Gasteiger partial charge in [0.15, 0.2) is 23.2 Å². The van der Waals surface area contributed by atoms with Gasteiger partial charge in [0.25, 0.3) is 0 Å². The molecular formula is C72H31Br2F9O22. The Labute approximate surface area is 595 Å². The first-order valence-corrected chi connectivity index (χ1v) is 31.2. The number of cyclic esters (lactones) is 12. The number of carbonyl (C=O) groups is 12. The van der Waals surface area contributed by atoms with Gasteiger partial charge < -0.3 is 47.4 Å². The van der Waals surface area contributed by atoms with Gasteiger partial charge in [-0.15, -0.1) is 0 Å². The lowest BCUT2D eigenvalue weighted by atomic mass is 9.97. The third-order valence-corrected chi connectivity index (χ3v) is 17.8. The summed E-state index contributed by atoms with van der Waals surface area (Å²) < 4.78 is 180. The van der Waals surface area contributed by atoms with Crippen molar-refractivity contribution in [3.8, 4) is 57.1 Å². The van der Waals surface area contributed by atoms with Crippen LogP contribution in [0.3, 0.4) is 0 Å². The number of halogens is 11. The summed E-state index contributed by atoms with van der Waals surface area (Å²) in [5.74, 6) is -39.7. The molecule has 6 heterocycles. The van der Waals surface area contributed by atoms with Crippen LogP contribution in [0, 0.1) is 87.0 Å². The van der Waals surface area contributed by atoms with Crippen LogP contribution in [0.15, 0.2) is 93.9 Å². The van der Waals surface area contributed by atoms with Gasteiger partial charge in [0.1, 0.15) is 39.7 Å². The number of esters is 12. The van der Waals surface area contributed by atoms with E-state index in [2.05, 4.69) is 94.0 Å². The summed E-state index contributed by atoms with van der Waals surface area (Å²) in [6.07, 6.45) is 0.684. The van der Waals surface area contributed by atoms with E-state index in [1.807, 2.05) is 27.7 Å². The van der Waals surface area contributed by atoms with Gasteiger partial charge >= 0.3 is 71.6 Å². The molecule has 0 saturated heterocycles. The van der Waals surface area contributed by atoms with E-state index in [-0.39, 0.29) is 44.5 Å². The van der Waals surface area contributed by atoms with Gasteiger partial charge in [-0.2, -0.15) is 26.3 Å². The van der Waals surface area contributed by atoms with Crippen molar-refractivity contribution in [2.45, 2.75) is 41.0 Å². The van der Waals surface area contributed by atoms with Crippen LogP contribution in [0.5, 0.6) is 46.0 Å². The Morgan fingerprint density at radius 3 is 0.905 bits per heavy atom. The Morgan fingerprint density at radius 1 is 0.267 bits per heavy atom. The van der Waals surface area contributed by atoms with Gasteiger partial charge in [-0.25, -0.2) is 70.7 Å². The van der Waals surface area contributed by atoms with Crippen molar-refractivity contribution in [2.24, 2.45) is 0 Å². The van der Waals surface area contributed by atoms with Crippen molar-refractivity contribution in [3.05, 3.63) is 252 Å². The van der Waals surface area contributed by atoms with Gasteiger partial charge in [0.2, 0.25) is 52.2 Å². The number of hydrogen-bond acceptors (Lipinski definition) is 22. The molecule has 0 fully saturated rings. The maximum absolute atomic E-state index is 14.8. The first-order chi connectivity index (χ1) is 49.6. The number of ether oxygens (including phenoxy) is 10. The summed E-state index contributed by atoms with van der Waals surface area (Å²) in [5, 5.41) is 0. The third-order valence-electron chi connectivity index (χ3n) is 16.5. The molecule has 6 aliphatic rings. The van der Waals surface area contributed by atoms with Gasteiger partial charge in [-0.05, 0) is 146 Å². The molecule has 9 aromatic rings. The van der Waals surface area contributed by atoms with Gasteiger partial charge in [-0.1, -0.05) is 56.1 Å². The highest BCUT2D eigenvalue weighted by Gasteiger charge is 2.44. The van der Waals surface area contributed by atoms with Crippen LogP contribution in [-0.4, -0.2) is 71.6 Å². The maximum Gasteiger partial charge on any atom is 0.350 e. The fourth-order valence-electron chi connectivity index (χ4n) is 11.8. The summed E-state index contributed by atoms with van der Waals surface area (Å²) in [6, 6.07) is 23.6. The number of benzene rings is 9. The monoisotopic (exact) mass is 1580 g/mol. The average Bonchev–Trinajstić information content (AvgIpc) is 1.71. The predicted molar refractivity (Wildman–Crippen MR) is 337 cm³/mol. The molecule has 0 saturated carbocycles. The van der Waals surface area contributed by atoms with Crippen LogP contribution >= 0.6 is 31.9 Å². The van der Waals surface area contributed by atoms with Crippen molar-refractivity contribution < 1.29 is 144 Å². The van der Waals surface area contributed by atoms with Crippen molar-refractivity contribution in [1.29, 1.82) is 0 Å². The number of hydrogen-bond donors (Lipinski definition) is 0. The van der Waals surface area contributed by atoms with E-state index in [1.165, 1.54) is 48.5 Å². The van der Waals surface area contributed by atoms with Crippen LogP contribution in [0.1, 0.15) is 163 Å². The molecule has 0 unspecified atom stereocenters. The van der Waals surface area contributed by atoms with Crippen LogP contribution in [0.2, 0.25) is 0 Å². The second-order valence-electron chi connectivity index (χ2n) is 23.2.